The van der Waals surface area contributed by atoms with Gasteiger partial charge in [0.05, 0.1) is 18.7 Å². The second-order valence-corrected chi connectivity index (χ2v) is 5.29. The van der Waals surface area contributed by atoms with E-state index in [2.05, 4.69) is 29.6 Å². The molecule has 96 valence electrons. The number of carbonyl (C=O) groups excluding carboxylic acids is 1. The monoisotopic (exact) mass is 253 g/mol. The van der Waals surface area contributed by atoms with Crippen molar-refractivity contribution in [2.24, 2.45) is 0 Å². The zero-order valence-corrected chi connectivity index (χ0v) is 10.8. The lowest BCUT2D eigenvalue weighted by Crippen LogP contribution is -2.25. The Morgan fingerprint density at radius 1 is 1.26 bits per heavy atom. The molecule has 0 aromatic heterocycles. The first-order valence-electron chi connectivity index (χ1n) is 6.67. The third-order valence-corrected chi connectivity index (χ3v) is 4.37. The second-order valence-electron chi connectivity index (χ2n) is 5.29. The minimum atomic E-state index is 0.219. The number of ketones is 1. The first-order valence-corrected chi connectivity index (χ1v) is 6.67. The van der Waals surface area contributed by atoms with Gasteiger partial charge < -0.3 is 10.1 Å². The molecule has 3 aliphatic rings. The Bertz CT molecular complexity index is 642. The Balaban J connectivity index is 1.90. The number of allylic oxidation sites excluding steroid dienone is 1. The Morgan fingerprint density at radius 2 is 2.11 bits per heavy atom. The first kappa shape index (κ1) is 10.9. The lowest BCUT2D eigenvalue weighted by molar-refractivity contribution is -0.114. The van der Waals surface area contributed by atoms with E-state index in [0.717, 1.165) is 17.8 Å². The van der Waals surface area contributed by atoms with Crippen molar-refractivity contribution in [3.8, 4) is 0 Å². The van der Waals surface area contributed by atoms with E-state index in [9.17, 15) is 4.79 Å². The molecule has 3 heteroatoms. The quantitative estimate of drug-likeness (QED) is 0.836. The van der Waals surface area contributed by atoms with E-state index in [4.69, 9.17) is 4.74 Å². The van der Waals surface area contributed by atoms with Crippen LogP contribution in [0.25, 0.3) is 0 Å². The van der Waals surface area contributed by atoms with Gasteiger partial charge in [-0.25, -0.2) is 0 Å². The number of benzene rings is 1. The molecule has 0 saturated carbocycles. The van der Waals surface area contributed by atoms with Gasteiger partial charge in [-0.05, 0) is 29.7 Å². The molecular weight excluding hydrogens is 238 g/mol. The van der Waals surface area contributed by atoms with Crippen molar-refractivity contribution in [3.63, 3.8) is 0 Å². The topological polar surface area (TPSA) is 38.3 Å². The number of fused-ring (bicyclic) bond motifs is 4. The van der Waals surface area contributed by atoms with Crippen LogP contribution in [0.4, 0.5) is 5.69 Å². The molecule has 2 unspecified atom stereocenters. The van der Waals surface area contributed by atoms with Crippen LogP contribution in [0, 0.1) is 0 Å². The van der Waals surface area contributed by atoms with Gasteiger partial charge in [-0.1, -0.05) is 18.2 Å². The van der Waals surface area contributed by atoms with Gasteiger partial charge in [0.25, 0.3) is 0 Å². The predicted molar refractivity (Wildman–Crippen MR) is 73.0 cm³/mol. The van der Waals surface area contributed by atoms with Crippen molar-refractivity contribution in [1.82, 2.24) is 0 Å². The molecule has 1 aliphatic heterocycles. The van der Waals surface area contributed by atoms with Gasteiger partial charge in [0.2, 0.25) is 0 Å². The standard InChI is InChI=1S/C16H15NO2/c1-19-14-8-12-15(10-6-7-13(18)16(10)14)9-4-2-3-5-11(9)17-12/h2-5,8,12,15,17H,6-7H2,1H3. The Morgan fingerprint density at radius 3 is 2.95 bits per heavy atom. The maximum Gasteiger partial charge on any atom is 0.166 e. The van der Waals surface area contributed by atoms with E-state index in [1.54, 1.807) is 7.11 Å². The predicted octanol–water partition coefficient (Wildman–Crippen LogP) is 2.77. The van der Waals surface area contributed by atoms with Crippen LogP contribution in [0.5, 0.6) is 0 Å². The molecule has 0 radical (unpaired) electrons. The van der Waals surface area contributed by atoms with Gasteiger partial charge in [-0.15, -0.1) is 0 Å². The molecule has 2 aliphatic carbocycles. The van der Waals surface area contributed by atoms with Gasteiger partial charge >= 0.3 is 0 Å². The minimum absolute atomic E-state index is 0.219. The van der Waals surface area contributed by atoms with E-state index in [1.807, 2.05) is 6.07 Å². The van der Waals surface area contributed by atoms with Gasteiger partial charge in [0.15, 0.2) is 5.78 Å². The van der Waals surface area contributed by atoms with Crippen molar-refractivity contribution in [1.29, 1.82) is 0 Å². The molecule has 4 rings (SSSR count). The van der Waals surface area contributed by atoms with Crippen LogP contribution in [0.1, 0.15) is 24.3 Å². The highest BCUT2D eigenvalue weighted by Crippen LogP contribution is 2.49. The summed E-state index contributed by atoms with van der Waals surface area (Å²) in [4.78, 5) is 12.1. The summed E-state index contributed by atoms with van der Waals surface area (Å²) in [6, 6.07) is 8.59. The van der Waals surface area contributed by atoms with Crippen LogP contribution >= 0.6 is 0 Å². The highest BCUT2D eigenvalue weighted by molar-refractivity contribution is 6.03. The average molecular weight is 253 g/mol. The minimum Gasteiger partial charge on any atom is -0.496 e. The van der Waals surface area contributed by atoms with Crippen LogP contribution in [-0.4, -0.2) is 18.9 Å². The number of para-hydroxylation sites is 1. The lowest BCUT2D eigenvalue weighted by atomic mass is 9.81. The molecule has 0 spiro atoms. The molecule has 0 amide bonds. The summed E-state index contributed by atoms with van der Waals surface area (Å²) in [6.45, 7) is 0. The zero-order chi connectivity index (χ0) is 13.0. The van der Waals surface area contributed by atoms with Gasteiger partial charge in [0.1, 0.15) is 5.76 Å². The first-order chi connectivity index (χ1) is 9.29. The number of nitrogens with one attached hydrogen (secondary N) is 1. The van der Waals surface area contributed by atoms with E-state index in [-0.39, 0.29) is 11.8 Å². The zero-order valence-electron chi connectivity index (χ0n) is 10.8. The van der Waals surface area contributed by atoms with E-state index in [0.29, 0.717) is 12.3 Å². The Labute approximate surface area is 112 Å². The molecule has 0 saturated heterocycles. The van der Waals surface area contributed by atoms with Crippen LogP contribution in [-0.2, 0) is 9.53 Å². The fourth-order valence-electron chi connectivity index (χ4n) is 3.60. The van der Waals surface area contributed by atoms with Crippen LogP contribution < -0.4 is 5.32 Å². The summed E-state index contributed by atoms with van der Waals surface area (Å²) in [7, 11) is 1.64. The Kier molecular flexibility index (Phi) is 2.13. The summed E-state index contributed by atoms with van der Waals surface area (Å²) >= 11 is 0. The fraction of sp³-hybridized carbons (Fsp3) is 0.312. The van der Waals surface area contributed by atoms with E-state index >= 15 is 0 Å². The molecule has 3 nitrogen and oxygen atoms in total. The van der Waals surface area contributed by atoms with Gasteiger partial charge in [-0.2, -0.15) is 0 Å². The molecule has 0 bridgehead atoms. The van der Waals surface area contributed by atoms with E-state index in [1.165, 1.54) is 16.8 Å². The number of hydrogen-bond donors (Lipinski definition) is 1. The highest BCUT2D eigenvalue weighted by atomic mass is 16.5. The summed E-state index contributed by atoms with van der Waals surface area (Å²) < 4.78 is 5.42. The SMILES string of the molecule is COC1=CC2Nc3ccccc3C2C2=C1C(=O)CC2. The molecular formula is C16H15NO2. The fourth-order valence-corrected chi connectivity index (χ4v) is 3.60. The number of ether oxygens (including phenoxy) is 1. The maximum absolute atomic E-state index is 12.1. The van der Waals surface area contributed by atoms with Crippen molar-refractivity contribution in [3.05, 3.63) is 52.8 Å². The van der Waals surface area contributed by atoms with E-state index < -0.39 is 0 Å². The van der Waals surface area contributed by atoms with Crippen molar-refractivity contribution in [2.75, 3.05) is 12.4 Å². The Hall–Kier alpha value is -2.03. The number of carbonyl (C=O) groups is 1. The van der Waals surface area contributed by atoms with Gasteiger partial charge in [0, 0.05) is 18.0 Å². The molecule has 0 fully saturated rings. The maximum atomic E-state index is 12.1. The number of hydrogen-bond acceptors (Lipinski definition) is 3. The summed E-state index contributed by atoms with van der Waals surface area (Å²) in [6.07, 6.45) is 3.55. The van der Waals surface area contributed by atoms with Crippen molar-refractivity contribution >= 4 is 11.5 Å². The number of methoxy groups -OCH3 is 1. The number of anilines is 1. The molecule has 1 aromatic rings. The van der Waals surface area contributed by atoms with Crippen LogP contribution in [0.15, 0.2) is 47.2 Å². The summed E-state index contributed by atoms with van der Waals surface area (Å²) in [5.41, 5.74) is 4.58. The normalized spacial score (nSPS) is 27.4. The summed E-state index contributed by atoms with van der Waals surface area (Å²) in [5, 5.41) is 3.53. The molecule has 2 atom stereocenters. The number of Topliss-reactive ketones (excluding diaryl/α,β-unsaturated/α-hetero) is 1. The molecule has 19 heavy (non-hydrogen) atoms. The van der Waals surface area contributed by atoms with Gasteiger partial charge in [-0.3, -0.25) is 4.79 Å². The largest absolute Gasteiger partial charge is 0.496 e. The van der Waals surface area contributed by atoms with Crippen molar-refractivity contribution in [2.45, 2.75) is 24.8 Å². The third kappa shape index (κ3) is 1.35. The van der Waals surface area contributed by atoms with Crippen LogP contribution in [0.2, 0.25) is 0 Å². The third-order valence-electron chi connectivity index (χ3n) is 4.37. The smallest absolute Gasteiger partial charge is 0.166 e. The molecule has 1 heterocycles. The molecule has 1 aromatic carbocycles. The second kappa shape index (κ2) is 3.73. The summed E-state index contributed by atoms with van der Waals surface area (Å²) in [5.74, 6) is 1.28. The van der Waals surface area contributed by atoms with Crippen LogP contribution in [0.3, 0.4) is 0 Å². The lowest BCUT2D eigenvalue weighted by Gasteiger charge is -2.26. The molecule has 1 N–H and O–H groups in total. The highest BCUT2D eigenvalue weighted by Gasteiger charge is 2.42. The van der Waals surface area contributed by atoms with Crippen molar-refractivity contribution < 1.29 is 9.53 Å². The average Bonchev–Trinajstić information content (AvgIpc) is 2.98. The number of rotatable bonds is 1.